The van der Waals surface area contributed by atoms with Crippen molar-refractivity contribution in [3.05, 3.63) is 31.3 Å². The molecular weight excluding hydrogens is 564 g/mol. The Morgan fingerprint density at radius 3 is 2.05 bits per heavy atom. The normalized spacial score (nSPS) is 43.4. The van der Waals surface area contributed by atoms with Gasteiger partial charge in [0.05, 0.1) is 42.6 Å². The molecular formula is C22H38N10O10. The van der Waals surface area contributed by atoms with Crippen molar-refractivity contribution < 1.29 is 49.6 Å². The average Bonchev–Trinajstić information content (AvgIpc) is 3.23. The average molecular weight is 603 g/mol. The lowest BCUT2D eigenvalue weighted by Crippen LogP contribution is -2.65. The Morgan fingerprint density at radius 1 is 0.833 bits per heavy atom. The molecule has 3 fully saturated rings. The molecule has 0 amide bonds. The molecule has 20 heteroatoms. The van der Waals surface area contributed by atoms with Crippen molar-refractivity contribution >= 4 is 0 Å². The van der Waals surface area contributed by atoms with Crippen LogP contribution in [0.5, 0.6) is 0 Å². The first-order valence-electron chi connectivity index (χ1n) is 13.6. The number of nitrogens with zero attached hydrogens (tertiary/aromatic N) is 9. The molecule has 42 heavy (non-hydrogen) atoms. The van der Waals surface area contributed by atoms with E-state index < -0.39 is 97.8 Å². The summed E-state index contributed by atoms with van der Waals surface area (Å²) in [6.07, 6.45) is -17.1. The molecule has 2 aliphatic heterocycles. The highest BCUT2D eigenvalue weighted by molar-refractivity contribution is 5.04. The van der Waals surface area contributed by atoms with Crippen LogP contribution in [0.15, 0.2) is 15.3 Å². The lowest BCUT2D eigenvalue weighted by molar-refractivity contribution is -0.315. The fraction of sp³-hybridized carbons (Fsp3) is 1.00. The second-order valence-electron chi connectivity index (χ2n) is 10.5. The van der Waals surface area contributed by atoms with Crippen molar-refractivity contribution in [3.8, 4) is 0 Å². The minimum Gasteiger partial charge on any atom is -0.391 e. The van der Waals surface area contributed by atoms with Crippen LogP contribution in [0.3, 0.4) is 0 Å². The van der Waals surface area contributed by atoms with Gasteiger partial charge in [-0.05, 0) is 42.9 Å². The smallest absolute Gasteiger partial charge is 0.187 e. The predicted octanol–water partition coefficient (Wildman–Crippen LogP) is -0.780. The molecule has 0 radical (unpaired) electrons. The number of ether oxygens (including phenoxy) is 4. The van der Waals surface area contributed by atoms with Gasteiger partial charge >= 0.3 is 0 Å². The summed E-state index contributed by atoms with van der Waals surface area (Å²) in [6.45, 7) is 5.13. The third kappa shape index (κ3) is 7.34. The highest BCUT2D eigenvalue weighted by Gasteiger charge is 2.54. The van der Waals surface area contributed by atoms with Crippen molar-refractivity contribution in [2.45, 2.75) is 131 Å². The first-order valence-corrected chi connectivity index (χ1v) is 13.6. The van der Waals surface area contributed by atoms with Crippen LogP contribution >= 0.6 is 0 Å². The molecule has 1 saturated carbocycles. The Balaban J connectivity index is 1.99. The molecule has 0 aromatic carbocycles. The van der Waals surface area contributed by atoms with Gasteiger partial charge in [-0.15, -0.1) is 0 Å². The number of aliphatic hydroxyl groups is 6. The van der Waals surface area contributed by atoms with Gasteiger partial charge in [0.25, 0.3) is 0 Å². The Morgan fingerprint density at radius 2 is 1.45 bits per heavy atom. The Labute approximate surface area is 240 Å². The zero-order chi connectivity index (χ0) is 31.1. The van der Waals surface area contributed by atoms with E-state index in [1.807, 2.05) is 6.92 Å². The van der Waals surface area contributed by atoms with E-state index in [2.05, 4.69) is 35.4 Å². The van der Waals surface area contributed by atoms with Crippen LogP contribution in [0.2, 0.25) is 0 Å². The molecule has 3 rings (SSSR count). The van der Waals surface area contributed by atoms with E-state index in [0.717, 1.165) is 0 Å². The second kappa shape index (κ2) is 15.3. The number of aliphatic hydroxyl groups excluding tert-OH is 6. The van der Waals surface area contributed by atoms with Crippen LogP contribution in [0, 0.1) is 0 Å². The maximum absolute atomic E-state index is 11.4. The summed E-state index contributed by atoms with van der Waals surface area (Å²) in [5.74, 6) is 0. The third-order valence-electron chi connectivity index (χ3n) is 7.62. The summed E-state index contributed by atoms with van der Waals surface area (Å²) in [5, 5.41) is 77.7. The molecule has 2 heterocycles. The molecule has 0 aromatic heterocycles. The molecule has 7 N–H and O–H groups in total. The summed E-state index contributed by atoms with van der Waals surface area (Å²) in [5.41, 5.74) is 27.2. The summed E-state index contributed by atoms with van der Waals surface area (Å²) in [4.78, 5) is 8.24. The van der Waals surface area contributed by atoms with E-state index in [4.69, 9.17) is 30.0 Å². The van der Waals surface area contributed by atoms with Crippen molar-refractivity contribution in [3.63, 3.8) is 0 Å². The van der Waals surface area contributed by atoms with Gasteiger partial charge in [-0.25, -0.2) is 0 Å². The molecule has 3 aliphatic rings. The quantitative estimate of drug-likeness (QED) is 0.0825. The van der Waals surface area contributed by atoms with E-state index in [1.165, 1.54) is 13.8 Å². The van der Waals surface area contributed by atoms with Gasteiger partial charge in [0.2, 0.25) is 0 Å². The molecule has 1 aliphatic carbocycles. The molecule has 7 unspecified atom stereocenters. The minimum absolute atomic E-state index is 0.0346. The predicted molar refractivity (Wildman–Crippen MR) is 140 cm³/mol. The minimum atomic E-state index is -1.73. The van der Waals surface area contributed by atoms with Crippen LogP contribution in [0.4, 0.5) is 0 Å². The van der Waals surface area contributed by atoms with Crippen LogP contribution < -0.4 is 5.32 Å². The first kappa shape index (κ1) is 34.0. The van der Waals surface area contributed by atoms with Gasteiger partial charge in [0, 0.05) is 20.8 Å². The SMILES string of the molecule is CCCN[C@@H]1CC(N=[N+]=[N-])[C@@H](O[C@H]2OC([C@@H](C)O)[C@@H](O)[C@H](O)C2N=[N+]=[N-])C(OC2O[C@H]([C@H](C)N=[N+]=[N-])C(O)C2O)[C@@H]1O. The molecule has 2 saturated heterocycles. The summed E-state index contributed by atoms with van der Waals surface area (Å²) in [6, 6.07) is -4.21. The van der Waals surface area contributed by atoms with E-state index in [1.54, 1.807) is 0 Å². The molecule has 0 aromatic rings. The first-order chi connectivity index (χ1) is 20.0. The number of nitrogens with one attached hydrogen (secondary N) is 1. The van der Waals surface area contributed by atoms with Gasteiger partial charge in [0.15, 0.2) is 12.6 Å². The van der Waals surface area contributed by atoms with E-state index in [9.17, 15) is 36.2 Å². The zero-order valence-corrected chi connectivity index (χ0v) is 23.2. The van der Waals surface area contributed by atoms with Gasteiger partial charge < -0.3 is 54.9 Å². The van der Waals surface area contributed by atoms with Gasteiger partial charge in [0.1, 0.15) is 36.6 Å². The number of azide groups is 3. The lowest BCUT2D eigenvalue weighted by Gasteiger charge is -2.48. The van der Waals surface area contributed by atoms with Gasteiger partial charge in [-0.2, -0.15) is 0 Å². The topological polar surface area (TPSA) is 317 Å². The highest BCUT2D eigenvalue weighted by atomic mass is 16.7. The molecule has 0 bridgehead atoms. The van der Waals surface area contributed by atoms with E-state index in [-0.39, 0.29) is 6.42 Å². The van der Waals surface area contributed by atoms with Crippen LogP contribution in [0.1, 0.15) is 33.6 Å². The number of hydrogen-bond acceptors (Lipinski definition) is 14. The largest absolute Gasteiger partial charge is 0.391 e. The van der Waals surface area contributed by atoms with Crippen molar-refractivity contribution in [2.24, 2.45) is 15.3 Å². The number of hydrogen-bond donors (Lipinski definition) is 7. The standard InChI is InChI=1S/C22H38N10O10/c1-4-5-26-9-6-10(28-31-24)19(41-21-11(29-32-25)13(35)14(36)18(40-21)8(3)33)20(12(9)34)42-22-16(38)15(37)17(39-22)7(2)27-30-23/h7-22,26,33-38H,4-6H2,1-3H3/t7-,8+,9+,10?,11?,12+,13+,14-,15?,16?,17+,18?,19+,20?,21+,22?/m0/s1. The Kier molecular flexibility index (Phi) is 12.4. The van der Waals surface area contributed by atoms with Crippen LogP contribution in [0.25, 0.3) is 31.3 Å². The van der Waals surface area contributed by atoms with Crippen LogP contribution in [-0.2, 0) is 18.9 Å². The Bertz CT molecular complexity index is 1040. The molecule has 0 spiro atoms. The van der Waals surface area contributed by atoms with E-state index >= 15 is 0 Å². The third-order valence-corrected chi connectivity index (χ3v) is 7.62. The Hall–Kier alpha value is -2.51. The molecule has 16 atom stereocenters. The summed E-state index contributed by atoms with van der Waals surface area (Å²) >= 11 is 0. The number of rotatable bonds is 12. The van der Waals surface area contributed by atoms with Crippen LogP contribution in [-0.4, -0.2) is 135 Å². The van der Waals surface area contributed by atoms with Crippen molar-refractivity contribution in [1.82, 2.24) is 5.32 Å². The summed E-state index contributed by atoms with van der Waals surface area (Å²) in [7, 11) is 0. The zero-order valence-electron chi connectivity index (χ0n) is 23.2. The fourth-order valence-electron chi connectivity index (χ4n) is 5.42. The molecule has 236 valence electrons. The van der Waals surface area contributed by atoms with E-state index in [0.29, 0.717) is 13.0 Å². The van der Waals surface area contributed by atoms with Crippen molar-refractivity contribution in [1.29, 1.82) is 0 Å². The van der Waals surface area contributed by atoms with Gasteiger partial charge in [-0.1, -0.05) is 29.2 Å². The fourth-order valence-corrected chi connectivity index (χ4v) is 5.42. The maximum Gasteiger partial charge on any atom is 0.187 e. The monoisotopic (exact) mass is 602 g/mol. The highest BCUT2D eigenvalue weighted by Crippen LogP contribution is 2.36. The second-order valence-corrected chi connectivity index (χ2v) is 10.5. The summed E-state index contributed by atoms with van der Waals surface area (Å²) < 4.78 is 23.4. The van der Waals surface area contributed by atoms with Gasteiger partial charge in [-0.3, -0.25) is 0 Å². The maximum atomic E-state index is 11.4. The lowest BCUT2D eigenvalue weighted by atomic mass is 9.83. The molecule has 20 nitrogen and oxygen atoms in total. The van der Waals surface area contributed by atoms with Crippen molar-refractivity contribution in [2.75, 3.05) is 6.54 Å².